The Morgan fingerprint density at radius 3 is 2.54 bits per heavy atom. The minimum Gasteiger partial charge on any atom is -0.265 e. The Bertz CT molecular complexity index is 1000. The van der Waals surface area contributed by atoms with Crippen molar-refractivity contribution in [2.45, 2.75) is 13.3 Å². The summed E-state index contributed by atoms with van der Waals surface area (Å²) in [6.45, 7) is 2.22. The first-order chi connectivity index (χ1) is 12.3. The molecule has 0 saturated heterocycles. The van der Waals surface area contributed by atoms with E-state index in [2.05, 4.69) is 20.1 Å². The summed E-state index contributed by atoms with van der Waals surface area (Å²) in [5.41, 5.74) is 2.55. The summed E-state index contributed by atoms with van der Waals surface area (Å²) in [5, 5.41) is 4.61. The largest absolute Gasteiger partial charge is 0.265 e. The molecule has 9 heteroatoms. The zero-order valence-electron chi connectivity index (χ0n) is 14.9. The highest BCUT2D eigenvalue weighted by atomic mass is 32.2. The van der Waals surface area contributed by atoms with E-state index in [1.165, 1.54) is 10.6 Å². The molecule has 26 heavy (non-hydrogen) atoms. The predicted molar refractivity (Wildman–Crippen MR) is 98.3 cm³/mol. The van der Waals surface area contributed by atoms with Gasteiger partial charge in [0.05, 0.1) is 11.9 Å². The van der Waals surface area contributed by atoms with E-state index in [0.717, 1.165) is 16.9 Å². The van der Waals surface area contributed by atoms with Crippen LogP contribution in [0, 0.1) is 6.92 Å². The van der Waals surface area contributed by atoms with E-state index in [9.17, 15) is 8.42 Å². The zero-order chi connectivity index (χ0) is 18.7. The normalized spacial score (nSPS) is 11.8. The molecule has 0 saturated carbocycles. The molecule has 3 aromatic heterocycles. The van der Waals surface area contributed by atoms with Gasteiger partial charge in [-0.05, 0) is 31.2 Å². The second-order valence-electron chi connectivity index (χ2n) is 5.99. The molecule has 0 spiro atoms. The van der Waals surface area contributed by atoms with E-state index >= 15 is 0 Å². The Labute approximate surface area is 152 Å². The van der Waals surface area contributed by atoms with E-state index in [-0.39, 0.29) is 0 Å². The van der Waals surface area contributed by atoms with Crippen LogP contribution in [0.25, 0.3) is 17.1 Å². The standard InChI is InChI=1S/C17H20N6O2S/c1-13-12-15(6-10-19-13)23-16(7-11-22(2)26(3,24)25)20-17(21-23)14-4-8-18-9-5-14/h4-6,8-10,12H,7,11H2,1-3H3. The number of sulfonamides is 1. The monoisotopic (exact) mass is 372 g/mol. The van der Waals surface area contributed by atoms with Crippen LogP contribution in [0.5, 0.6) is 0 Å². The minimum atomic E-state index is -3.24. The minimum absolute atomic E-state index is 0.317. The average molecular weight is 372 g/mol. The van der Waals surface area contributed by atoms with Gasteiger partial charge in [-0.1, -0.05) is 0 Å². The van der Waals surface area contributed by atoms with Crippen LogP contribution in [-0.2, 0) is 16.4 Å². The van der Waals surface area contributed by atoms with Crippen molar-refractivity contribution in [3.63, 3.8) is 0 Å². The van der Waals surface area contributed by atoms with Gasteiger partial charge in [-0.3, -0.25) is 9.97 Å². The summed E-state index contributed by atoms with van der Waals surface area (Å²) in [6, 6.07) is 7.43. The smallest absolute Gasteiger partial charge is 0.210 e. The summed E-state index contributed by atoms with van der Waals surface area (Å²) < 4.78 is 26.3. The summed E-state index contributed by atoms with van der Waals surface area (Å²) >= 11 is 0. The first-order valence-electron chi connectivity index (χ1n) is 8.05. The Morgan fingerprint density at radius 2 is 1.88 bits per heavy atom. The van der Waals surface area contributed by atoms with E-state index in [4.69, 9.17) is 0 Å². The molecule has 0 aromatic carbocycles. The van der Waals surface area contributed by atoms with Crippen molar-refractivity contribution in [1.82, 2.24) is 29.0 Å². The predicted octanol–water partition coefficient (Wildman–Crippen LogP) is 1.47. The molecule has 136 valence electrons. The number of aromatic nitrogens is 5. The summed E-state index contributed by atoms with van der Waals surface area (Å²) in [7, 11) is -1.69. The molecule has 0 amide bonds. The highest BCUT2D eigenvalue weighted by Crippen LogP contribution is 2.18. The molecule has 3 rings (SSSR count). The molecule has 0 radical (unpaired) electrons. The lowest BCUT2D eigenvalue weighted by Crippen LogP contribution is -2.28. The maximum atomic E-state index is 11.6. The zero-order valence-corrected chi connectivity index (χ0v) is 15.7. The fourth-order valence-corrected chi connectivity index (χ4v) is 2.84. The molecule has 0 aliphatic heterocycles. The van der Waals surface area contributed by atoms with Crippen LogP contribution in [0.1, 0.15) is 11.5 Å². The first kappa shape index (κ1) is 18.2. The number of nitrogens with zero attached hydrogens (tertiary/aromatic N) is 6. The van der Waals surface area contributed by atoms with E-state index in [1.54, 1.807) is 30.3 Å². The summed E-state index contributed by atoms with van der Waals surface area (Å²) in [4.78, 5) is 12.8. The van der Waals surface area contributed by atoms with E-state index in [1.807, 2.05) is 31.2 Å². The van der Waals surface area contributed by atoms with Gasteiger partial charge in [0.15, 0.2) is 5.82 Å². The average Bonchev–Trinajstić information content (AvgIpc) is 3.04. The lowest BCUT2D eigenvalue weighted by atomic mass is 10.2. The number of rotatable bonds is 6. The van der Waals surface area contributed by atoms with Crippen LogP contribution in [0.3, 0.4) is 0 Å². The molecule has 0 bridgehead atoms. The first-order valence-corrected chi connectivity index (χ1v) is 9.90. The lowest BCUT2D eigenvalue weighted by Gasteiger charge is -2.13. The van der Waals surface area contributed by atoms with Crippen molar-refractivity contribution in [3.8, 4) is 17.1 Å². The van der Waals surface area contributed by atoms with Crippen LogP contribution in [0.4, 0.5) is 0 Å². The van der Waals surface area contributed by atoms with Crippen molar-refractivity contribution in [2.75, 3.05) is 19.8 Å². The van der Waals surface area contributed by atoms with Gasteiger partial charge < -0.3 is 0 Å². The molecule has 0 unspecified atom stereocenters. The van der Waals surface area contributed by atoms with Gasteiger partial charge in [0.2, 0.25) is 10.0 Å². The van der Waals surface area contributed by atoms with Gasteiger partial charge >= 0.3 is 0 Å². The van der Waals surface area contributed by atoms with Crippen LogP contribution in [-0.4, -0.2) is 57.3 Å². The van der Waals surface area contributed by atoms with Gasteiger partial charge in [0, 0.05) is 49.9 Å². The van der Waals surface area contributed by atoms with E-state index < -0.39 is 10.0 Å². The van der Waals surface area contributed by atoms with Gasteiger partial charge in [-0.25, -0.2) is 22.4 Å². The van der Waals surface area contributed by atoms with Crippen LogP contribution in [0.15, 0.2) is 42.9 Å². The molecule has 0 fully saturated rings. The second-order valence-corrected chi connectivity index (χ2v) is 8.08. The summed E-state index contributed by atoms with van der Waals surface area (Å²) in [6.07, 6.45) is 6.70. The maximum Gasteiger partial charge on any atom is 0.210 e. The molecule has 0 atom stereocenters. The van der Waals surface area contributed by atoms with Gasteiger partial charge in [-0.15, -0.1) is 5.10 Å². The molecule has 3 aromatic rings. The number of hydrogen-bond acceptors (Lipinski definition) is 6. The third kappa shape index (κ3) is 4.12. The number of aryl methyl sites for hydroxylation is 1. The number of pyridine rings is 2. The fourth-order valence-electron chi connectivity index (χ4n) is 2.42. The van der Waals surface area contributed by atoms with Crippen LogP contribution < -0.4 is 0 Å². The number of likely N-dealkylation sites (N-methyl/N-ethyl adjacent to an activating group) is 1. The summed E-state index contributed by atoms with van der Waals surface area (Å²) in [5.74, 6) is 1.25. The van der Waals surface area contributed by atoms with Crippen molar-refractivity contribution in [1.29, 1.82) is 0 Å². The third-order valence-corrected chi connectivity index (χ3v) is 5.27. The Hall–Kier alpha value is -2.65. The molecule has 0 aliphatic carbocycles. The Balaban J connectivity index is 1.99. The van der Waals surface area contributed by atoms with Gasteiger partial charge in [0.25, 0.3) is 0 Å². The molecule has 3 heterocycles. The maximum absolute atomic E-state index is 11.6. The van der Waals surface area contributed by atoms with Gasteiger partial charge in [0.1, 0.15) is 5.82 Å². The number of hydrogen-bond donors (Lipinski definition) is 0. The second kappa shape index (κ2) is 7.30. The molecule has 0 aliphatic rings. The Kier molecular flexibility index (Phi) is 5.10. The topological polar surface area (TPSA) is 93.9 Å². The van der Waals surface area contributed by atoms with Crippen molar-refractivity contribution >= 4 is 10.0 Å². The lowest BCUT2D eigenvalue weighted by molar-refractivity contribution is 0.472. The van der Waals surface area contributed by atoms with Crippen LogP contribution >= 0.6 is 0 Å². The highest BCUT2D eigenvalue weighted by Gasteiger charge is 2.16. The van der Waals surface area contributed by atoms with Crippen molar-refractivity contribution in [3.05, 3.63) is 54.4 Å². The van der Waals surface area contributed by atoms with Crippen molar-refractivity contribution < 1.29 is 8.42 Å². The molecule has 8 nitrogen and oxygen atoms in total. The van der Waals surface area contributed by atoms with E-state index in [0.29, 0.717) is 24.6 Å². The van der Waals surface area contributed by atoms with Crippen molar-refractivity contribution in [2.24, 2.45) is 0 Å². The molecule has 0 N–H and O–H groups in total. The van der Waals surface area contributed by atoms with Crippen LogP contribution in [0.2, 0.25) is 0 Å². The van der Waals surface area contributed by atoms with Gasteiger partial charge in [-0.2, -0.15) is 0 Å². The highest BCUT2D eigenvalue weighted by molar-refractivity contribution is 7.88. The SMILES string of the molecule is Cc1cc(-n2nc(-c3ccncc3)nc2CCN(C)S(C)(=O)=O)ccn1. The Morgan fingerprint density at radius 1 is 1.15 bits per heavy atom. The fraction of sp³-hybridized carbons (Fsp3) is 0.294. The molecular formula is C17H20N6O2S. The quantitative estimate of drug-likeness (QED) is 0.650. The molecular weight excluding hydrogens is 352 g/mol. The third-order valence-electron chi connectivity index (χ3n) is 3.95.